The molecule has 0 aliphatic heterocycles. The number of anilines is 1. The number of hydrogen-bond donors (Lipinski definition) is 2. The molecule has 0 bridgehead atoms. The Morgan fingerprint density at radius 1 is 1.50 bits per heavy atom. The Labute approximate surface area is 113 Å². The Hall–Kier alpha value is -0.780. The van der Waals surface area contributed by atoms with Crippen LogP contribution in [0.5, 0.6) is 0 Å². The molecule has 0 heterocycles. The SMILES string of the molecule is Cc1c(N)cc(Cl)cc1S(=O)(=O)NCC1CC1C. The molecule has 1 aromatic carbocycles. The van der Waals surface area contributed by atoms with Gasteiger partial charge in [-0.15, -0.1) is 0 Å². The third-order valence-corrected chi connectivity index (χ3v) is 5.23. The number of nitrogen functional groups attached to an aromatic ring is 1. The first-order chi connectivity index (χ1) is 8.31. The first-order valence-corrected chi connectivity index (χ1v) is 7.72. The Kier molecular flexibility index (Phi) is 3.58. The van der Waals surface area contributed by atoms with Crippen LogP contribution in [0.15, 0.2) is 17.0 Å². The highest BCUT2D eigenvalue weighted by molar-refractivity contribution is 7.89. The molecule has 6 heteroatoms. The van der Waals surface area contributed by atoms with E-state index in [1.165, 1.54) is 6.07 Å². The van der Waals surface area contributed by atoms with Crippen molar-refractivity contribution in [1.82, 2.24) is 4.72 Å². The lowest BCUT2D eigenvalue weighted by Crippen LogP contribution is -2.27. The molecule has 0 aromatic heterocycles. The van der Waals surface area contributed by atoms with E-state index in [9.17, 15) is 8.42 Å². The predicted octanol–water partition coefficient (Wildman–Crippen LogP) is 2.16. The maximum atomic E-state index is 12.2. The van der Waals surface area contributed by atoms with Crippen LogP contribution in [0.2, 0.25) is 5.02 Å². The first-order valence-electron chi connectivity index (χ1n) is 5.86. The fourth-order valence-corrected chi connectivity index (χ4v) is 3.61. The van der Waals surface area contributed by atoms with Gasteiger partial charge in [0.25, 0.3) is 0 Å². The van der Waals surface area contributed by atoms with E-state index in [1.807, 2.05) is 0 Å². The molecule has 0 spiro atoms. The van der Waals surface area contributed by atoms with Gasteiger partial charge in [0, 0.05) is 17.3 Å². The zero-order valence-electron chi connectivity index (χ0n) is 10.4. The van der Waals surface area contributed by atoms with Crippen molar-refractivity contribution in [1.29, 1.82) is 0 Å². The van der Waals surface area contributed by atoms with E-state index in [2.05, 4.69) is 11.6 Å². The summed E-state index contributed by atoms with van der Waals surface area (Å²) in [4.78, 5) is 0.167. The van der Waals surface area contributed by atoms with Crippen molar-refractivity contribution in [2.24, 2.45) is 11.8 Å². The van der Waals surface area contributed by atoms with E-state index < -0.39 is 10.0 Å². The maximum Gasteiger partial charge on any atom is 0.240 e. The molecule has 2 atom stereocenters. The number of halogens is 1. The topological polar surface area (TPSA) is 72.2 Å². The van der Waals surface area contributed by atoms with Crippen LogP contribution in [-0.2, 0) is 10.0 Å². The quantitative estimate of drug-likeness (QED) is 0.834. The summed E-state index contributed by atoms with van der Waals surface area (Å²) in [6.07, 6.45) is 1.08. The van der Waals surface area contributed by atoms with Crippen molar-refractivity contribution in [2.45, 2.75) is 25.2 Å². The van der Waals surface area contributed by atoms with Crippen LogP contribution in [0, 0.1) is 18.8 Å². The molecule has 2 rings (SSSR count). The molecule has 1 saturated carbocycles. The highest BCUT2D eigenvalue weighted by Gasteiger charge is 2.33. The third-order valence-electron chi connectivity index (χ3n) is 3.47. The normalized spacial score (nSPS) is 23.1. The largest absolute Gasteiger partial charge is 0.398 e. The second-order valence-electron chi connectivity index (χ2n) is 4.94. The molecular weight excluding hydrogens is 272 g/mol. The highest BCUT2D eigenvalue weighted by atomic mass is 35.5. The molecule has 0 radical (unpaired) electrons. The predicted molar refractivity (Wildman–Crippen MR) is 73.1 cm³/mol. The zero-order chi connectivity index (χ0) is 13.5. The van der Waals surface area contributed by atoms with Crippen molar-refractivity contribution in [3.8, 4) is 0 Å². The minimum absolute atomic E-state index is 0.167. The maximum absolute atomic E-state index is 12.2. The molecule has 3 N–H and O–H groups in total. The van der Waals surface area contributed by atoms with Crippen molar-refractivity contribution >= 4 is 27.3 Å². The Morgan fingerprint density at radius 3 is 2.67 bits per heavy atom. The van der Waals surface area contributed by atoms with Gasteiger partial charge in [0.2, 0.25) is 10.0 Å². The Balaban J connectivity index is 2.23. The van der Waals surface area contributed by atoms with E-state index in [-0.39, 0.29) is 4.90 Å². The molecule has 1 fully saturated rings. The van der Waals surface area contributed by atoms with Crippen molar-refractivity contribution in [2.75, 3.05) is 12.3 Å². The summed E-state index contributed by atoms with van der Waals surface area (Å²) in [5.74, 6) is 1.06. The van der Waals surface area contributed by atoms with Crippen molar-refractivity contribution in [3.63, 3.8) is 0 Å². The van der Waals surface area contributed by atoms with Gasteiger partial charge in [0.05, 0.1) is 4.90 Å². The van der Waals surface area contributed by atoms with Crippen LogP contribution in [0.4, 0.5) is 5.69 Å². The zero-order valence-corrected chi connectivity index (χ0v) is 12.0. The summed E-state index contributed by atoms with van der Waals surface area (Å²) in [6, 6.07) is 2.99. The monoisotopic (exact) mass is 288 g/mol. The van der Waals surface area contributed by atoms with Crippen LogP contribution in [0.1, 0.15) is 18.9 Å². The van der Waals surface area contributed by atoms with Gasteiger partial charge in [-0.25, -0.2) is 13.1 Å². The lowest BCUT2D eigenvalue weighted by molar-refractivity contribution is 0.574. The summed E-state index contributed by atoms with van der Waals surface area (Å²) < 4.78 is 27.0. The molecule has 1 aliphatic rings. The van der Waals surface area contributed by atoms with E-state index in [0.717, 1.165) is 6.42 Å². The van der Waals surface area contributed by atoms with E-state index in [0.29, 0.717) is 34.7 Å². The second kappa shape index (κ2) is 4.72. The second-order valence-corrected chi connectivity index (χ2v) is 7.11. The molecule has 1 aromatic rings. The molecule has 4 nitrogen and oxygen atoms in total. The van der Waals surface area contributed by atoms with Gasteiger partial charge in [0.1, 0.15) is 0 Å². The standard InChI is InChI=1S/C12H17ClN2O2S/c1-7-3-9(7)6-15-18(16,17)12-5-10(13)4-11(14)8(12)2/h4-5,7,9,15H,3,6,14H2,1-2H3. The molecule has 18 heavy (non-hydrogen) atoms. The Bertz CT molecular complexity index is 572. The van der Waals surface area contributed by atoms with E-state index in [4.69, 9.17) is 17.3 Å². The van der Waals surface area contributed by atoms with Gasteiger partial charge in [-0.05, 0) is 42.9 Å². The van der Waals surface area contributed by atoms with Gasteiger partial charge < -0.3 is 5.73 Å². The number of benzene rings is 1. The smallest absolute Gasteiger partial charge is 0.240 e. The number of nitrogens with one attached hydrogen (secondary N) is 1. The molecule has 1 aliphatic carbocycles. The number of nitrogens with two attached hydrogens (primary N) is 1. The van der Waals surface area contributed by atoms with Gasteiger partial charge in [-0.3, -0.25) is 0 Å². The number of rotatable bonds is 4. The molecule has 2 unspecified atom stereocenters. The lowest BCUT2D eigenvalue weighted by atomic mass is 10.2. The van der Waals surface area contributed by atoms with E-state index >= 15 is 0 Å². The van der Waals surface area contributed by atoms with Gasteiger partial charge in [0.15, 0.2) is 0 Å². The fourth-order valence-electron chi connectivity index (χ4n) is 1.93. The van der Waals surface area contributed by atoms with Gasteiger partial charge >= 0.3 is 0 Å². The van der Waals surface area contributed by atoms with Crippen LogP contribution < -0.4 is 10.5 Å². The summed E-state index contributed by atoms with van der Waals surface area (Å²) in [5.41, 5.74) is 6.66. The summed E-state index contributed by atoms with van der Waals surface area (Å²) in [5, 5.41) is 0.332. The number of hydrogen-bond acceptors (Lipinski definition) is 3. The minimum Gasteiger partial charge on any atom is -0.398 e. The molecule has 0 amide bonds. The lowest BCUT2D eigenvalue weighted by Gasteiger charge is -2.11. The van der Waals surface area contributed by atoms with Gasteiger partial charge in [-0.2, -0.15) is 0 Å². The van der Waals surface area contributed by atoms with Crippen molar-refractivity contribution in [3.05, 3.63) is 22.7 Å². The summed E-state index contributed by atoms with van der Waals surface area (Å²) >= 11 is 5.85. The molecular formula is C12H17ClN2O2S. The average molecular weight is 289 g/mol. The van der Waals surface area contributed by atoms with Crippen molar-refractivity contribution < 1.29 is 8.42 Å². The number of sulfonamides is 1. The Morgan fingerprint density at radius 2 is 2.11 bits per heavy atom. The first kappa shape index (κ1) is 13.6. The van der Waals surface area contributed by atoms with Crippen LogP contribution >= 0.6 is 11.6 Å². The van der Waals surface area contributed by atoms with Crippen LogP contribution in [-0.4, -0.2) is 15.0 Å². The fraction of sp³-hybridized carbons (Fsp3) is 0.500. The third kappa shape index (κ3) is 2.79. The molecule has 0 saturated heterocycles. The summed E-state index contributed by atoms with van der Waals surface area (Å²) in [7, 11) is -3.53. The van der Waals surface area contributed by atoms with Crippen LogP contribution in [0.3, 0.4) is 0 Å². The highest BCUT2D eigenvalue weighted by Crippen LogP contribution is 2.37. The minimum atomic E-state index is -3.53. The average Bonchev–Trinajstić information content (AvgIpc) is 2.97. The summed E-state index contributed by atoms with van der Waals surface area (Å²) in [6.45, 7) is 4.27. The van der Waals surface area contributed by atoms with E-state index in [1.54, 1.807) is 13.0 Å². The van der Waals surface area contributed by atoms with Crippen LogP contribution in [0.25, 0.3) is 0 Å². The molecule has 100 valence electrons. The van der Waals surface area contributed by atoms with Gasteiger partial charge in [-0.1, -0.05) is 18.5 Å².